The van der Waals surface area contributed by atoms with Crippen LogP contribution in [0.1, 0.15) is 37.8 Å². The van der Waals surface area contributed by atoms with Crippen LogP contribution >= 0.6 is 11.3 Å². The largest absolute Gasteiger partial charge is 0.379 e. The molecule has 0 aromatic carbocycles. The van der Waals surface area contributed by atoms with Gasteiger partial charge in [-0.15, -0.1) is 11.3 Å². The molecule has 1 N–H and O–H groups in total. The summed E-state index contributed by atoms with van der Waals surface area (Å²) in [5.41, 5.74) is 2.74. The van der Waals surface area contributed by atoms with Gasteiger partial charge in [-0.25, -0.2) is 4.98 Å². The summed E-state index contributed by atoms with van der Waals surface area (Å²) in [5.74, 6) is 0.397. The van der Waals surface area contributed by atoms with Crippen molar-refractivity contribution in [3.8, 4) is 0 Å². The normalized spacial score (nSPS) is 26.9. The molecule has 3 rings (SSSR count). The second-order valence-electron chi connectivity index (χ2n) is 5.79. The minimum atomic E-state index is -0.0780. The molecule has 1 amide bonds. The van der Waals surface area contributed by atoms with Crippen LogP contribution in [0.3, 0.4) is 0 Å². The molecule has 0 unspecified atom stereocenters. The van der Waals surface area contributed by atoms with Crippen molar-refractivity contribution in [3.63, 3.8) is 0 Å². The number of nitrogens with zero attached hydrogens (tertiary/aromatic N) is 1. The third-order valence-electron chi connectivity index (χ3n) is 4.29. The van der Waals surface area contributed by atoms with Crippen LogP contribution in [0.4, 0.5) is 0 Å². The van der Waals surface area contributed by atoms with Gasteiger partial charge in [0.2, 0.25) is 5.91 Å². The van der Waals surface area contributed by atoms with Gasteiger partial charge >= 0.3 is 0 Å². The molecule has 6 heteroatoms. The zero-order valence-electron chi connectivity index (χ0n) is 12.1. The van der Waals surface area contributed by atoms with Crippen LogP contribution in [0.2, 0.25) is 0 Å². The fourth-order valence-electron chi connectivity index (χ4n) is 3.03. The third kappa shape index (κ3) is 4.02. The maximum absolute atomic E-state index is 12.3. The van der Waals surface area contributed by atoms with Crippen molar-refractivity contribution in [3.05, 3.63) is 16.6 Å². The van der Waals surface area contributed by atoms with Crippen LogP contribution in [-0.4, -0.2) is 36.3 Å². The first-order chi connectivity index (χ1) is 10.3. The molecule has 1 aliphatic heterocycles. The lowest BCUT2D eigenvalue weighted by Gasteiger charge is -2.32. The number of hydrogen-bond donors (Lipinski definition) is 1. The molecule has 116 valence electrons. The summed E-state index contributed by atoms with van der Waals surface area (Å²) >= 11 is 1.56. The third-order valence-corrected chi connectivity index (χ3v) is 4.92. The smallest absolute Gasteiger partial charge is 0.223 e. The Morgan fingerprint density at radius 3 is 3.05 bits per heavy atom. The average molecular weight is 310 g/mol. The van der Waals surface area contributed by atoms with Crippen molar-refractivity contribution in [2.24, 2.45) is 5.92 Å². The van der Waals surface area contributed by atoms with E-state index >= 15 is 0 Å². The van der Waals surface area contributed by atoms with Crippen LogP contribution < -0.4 is 5.32 Å². The van der Waals surface area contributed by atoms with Gasteiger partial charge in [-0.3, -0.25) is 4.79 Å². The van der Waals surface area contributed by atoms with Gasteiger partial charge in [-0.1, -0.05) is 12.8 Å². The van der Waals surface area contributed by atoms with Gasteiger partial charge in [0.15, 0.2) is 0 Å². The molecule has 1 saturated carbocycles. The highest BCUT2D eigenvalue weighted by molar-refractivity contribution is 7.07. The fraction of sp³-hybridized carbons (Fsp3) is 0.733. The second kappa shape index (κ2) is 7.33. The predicted molar refractivity (Wildman–Crippen MR) is 80.0 cm³/mol. The molecule has 0 bridgehead atoms. The van der Waals surface area contributed by atoms with Crippen LogP contribution in [0.15, 0.2) is 10.9 Å². The molecule has 2 fully saturated rings. The molecule has 0 spiro atoms. The highest BCUT2D eigenvalue weighted by atomic mass is 32.1. The molecule has 2 heterocycles. The lowest BCUT2D eigenvalue weighted by molar-refractivity contribution is -0.130. The SMILES string of the molecule is O=C(N[C@@H]1CCOC[C@H]1OCc1cscn1)C1CCCC1. The van der Waals surface area contributed by atoms with Crippen LogP contribution in [0.25, 0.3) is 0 Å². The van der Waals surface area contributed by atoms with E-state index in [-0.39, 0.29) is 24.0 Å². The van der Waals surface area contributed by atoms with E-state index in [1.165, 1.54) is 12.8 Å². The molecule has 1 aromatic rings. The van der Waals surface area contributed by atoms with Gasteiger partial charge in [-0.05, 0) is 19.3 Å². The van der Waals surface area contributed by atoms with Gasteiger partial charge < -0.3 is 14.8 Å². The van der Waals surface area contributed by atoms with Crippen molar-refractivity contribution in [2.45, 2.75) is 50.9 Å². The maximum atomic E-state index is 12.3. The van der Waals surface area contributed by atoms with Gasteiger partial charge in [0, 0.05) is 17.9 Å². The van der Waals surface area contributed by atoms with Crippen LogP contribution in [-0.2, 0) is 20.9 Å². The minimum absolute atomic E-state index is 0.0606. The maximum Gasteiger partial charge on any atom is 0.223 e. The Hall–Kier alpha value is -0.980. The number of carbonyl (C=O) groups is 1. The molecule has 21 heavy (non-hydrogen) atoms. The lowest BCUT2D eigenvalue weighted by atomic mass is 10.0. The van der Waals surface area contributed by atoms with E-state index in [2.05, 4.69) is 10.3 Å². The Labute approximate surface area is 129 Å². The quantitative estimate of drug-likeness (QED) is 0.905. The van der Waals surface area contributed by atoms with Gasteiger partial charge in [0.25, 0.3) is 0 Å². The van der Waals surface area contributed by atoms with E-state index in [9.17, 15) is 4.79 Å². The number of rotatable bonds is 5. The van der Waals surface area contributed by atoms with E-state index < -0.39 is 0 Å². The molecular weight excluding hydrogens is 288 g/mol. The number of carbonyl (C=O) groups excluding carboxylic acids is 1. The lowest BCUT2D eigenvalue weighted by Crippen LogP contribution is -2.51. The Bertz CT molecular complexity index is 446. The van der Waals surface area contributed by atoms with E-state index in [4.69, 9.17) is 9.47 Å². The Kier molecular flexibility index (Phi) is 5.22. The molecular formula is C15H22N2O3S. The van der Waals surface area contributed by atoms with Gasteiger partial charge in [0.1, 0.15) is 6.10 Å². The molecule has 2 atom stereocenters. The van der Waals surface area contributed by atoms with Crippen molar-refractivity contribution in [2.75, 3.05) is 13.2 Å². The van der Waals surface area contributed by atoms with Gasteiger partial charge in [0.05, 0.1) is 30.5 Å². The number of aromatic nitrogens is 1. The molecule has 0 radical (unpaired) electrons. The molecule has 1 aromatic heterocycles. The van der Waals surface area contributed by atoms with Crippen molar-refractivity contribution >= 4 is 17.2 Å². The van der Waals surface area contributed by atoms with Gasteiger partial charge in [-0.2, -0.15) is 0 Å². The first kappa shape index (κ1) is 14.9. The molecule has 1 aliphatic carbocycles. The minimum Gasteiger partial charge on any atom is -0.379 e. The first-order valence-corrected chi connectivity index (χ1v) is 8.64. The standard InChI is InChI=1S/C15H22N2O3S/c18-15(11-3-1-2-4-11)17-13-5-6-19-8-14(13)20-7-12-9-21-10-16-12/h9-11,13-14H,1-8H2,(H,17,18)/t13-,14-/m1/s1. The summed E-state index contributed by atoms with van der Waals surface area (Å²) < 4.78 is 11.4. The zero-order chi connectivity index (χ0) is 14.5. The second-order valence-corrected chi connectivity index (χ2v) is 6.51. The number of nitrogens with one attached hydrogen (secondary N) is 1. The summed E-state index contributed by atoms with van der Waals surface area (Å²) in [6, 6.07) is 0.0606. The van der Waals surface area contributed by atoms with E-state index in [1.807, 2.05) is 5.38 Å². The number of amides is 1. The van der Waals surface area contributed by atoms with Crippen molar-refractivity contribution in [1.82, 2.24) is 10.3 Å². The Morgan fingerprint density at radius 1 is 1.43 bits per heavy atom. The zero-order valence-corrected chi connectivity index (χ0v) is 12.9. The summed E-state index contributed by atoms with van der Waals surface area (Å²) in [6.07, 6.45) is 5.15. The highest BCUT2D eigenvalue weighted by Crippen LogP contribution is 2.25. The summed E-state index contributed by atoms with van der Waals surface area (Å²) in [5, 5.41) is 5.16. The molecule has 1 saturated heterocycles. The monoisotopic (exact) mass is 310 g/mol. The number of ether oxygens (including phenoxy) is 2. The molecule has 2 aliphatic rings. The van der Waals surface area contributed by atoms with E-state index in [1.54, 1.807) is 16.8 Å². The molecule has 5 nitrogen and oxygen atoms in total. The summed E-state index contributed by atoms with van der Waals surface area (Å²) in [7, 11) is 0. The van der Waals surface area contributed by atoms with Crippen LogP contribution in [0, 0.1) is 5.92 Å². The van der Waals surface area contributed by atoms with Crippen LogP contribution in [0.5, 0.6) is 0 Å². The predicted octanol–water partition coefficient (Wildman–Crippen LogP) is 2.12. The summed E-state index contributed by atoms with van der Waals surface area (Å²) in [6.45, 7) is 1.71. The fourth-order valence-corrected chi connectivity index (χ4v) is 3.57. The van der Waals surface area contributed by atoms with E-state index in [0.29, 0.717) is 19.8 Å². The van der Waals surface area contributed by atoms with E-state index in [0.717, 1.165) is 25.0 Å². The number of hydrogen-bond acceptors (Lipinski definition) is 5. The first-order valence-electron chi connectivity index (χ1n) is 7.69. The van der Waals surface area contributed by atoms with Crippen molar-refractivity contribution < 1.29 is 14.3 Å². The average Bonchev–Trinajstić information content (AvgIpc) is 3.20. The topological polar surface area (TPSA) is 60.5 Å². The number of thiazole rings is 1. The summed E-state index contributed by atoms with van der Waals surface area (Å²) in [4.78, 5) is 16.5. The van der Waals surface area contributed by atoms with Crippen molar-refractivity contribution in [1.29, 1.82) is 0 Å². The Balaban J connectivity index is 1.52. The Morgan fingerprint density at radius 2 is 2.29 bits per heavy atom. The highest BCUT2D eigenvalue weighted by Gasteiger charge is 2.31.